The van der Waals surface area contributed by atoms with Gasteiger partial charge in [-0.25, -0.2) is 9.67 Å². The fraction of sp³-hybridized carbons (Fsp3) is 0.158. The summed E-state index contributed by atoms with van der Waals surface area (Å²) in [6.07, 6.45) is 0. The van der Waals surface area contributed by atoms with E-state index in [1.165, 1.54) is 16.0 Å². The molecule has 0 amide bonds. The first kappa shape index (κ1) is 17.2. The van der Waals surface area contributed by atoms with E-state index in [1.807, 2.05) is 55.5 Å². The van der Waals surface area contributed by atoms with Gasteiger partial charge in [0.15, 0.2) is 5.69 Å². The minimum atomic E-state index is -0.248. The molecule has 1 N–H and O–H groups in total. The molecule has 4 aromatic rings. The largest absolute Gasteiger partial charge is 0.494 e. The van der Waals surface area contributed by atoms with Gasteiger partial charge in [-0.15, -0.1) is 10.2 Å². The van der Waals surface area contributed by atoms with Crippen LogP contribution < -0.4 is 10.3 Å². The number of nitrogens with one attached hydrogen (secondary N) is 1. The van der Waals surface area contributed by atoms with Crippen LogP contribution in [-0.2, 0) is 0 Å². The van der Waals surface area contributed by atoms with E-state index >= 15 is 0 Å². The van der Waals surface area contributed by atoms with Gasteiger partial charge in [0, 0.05) is 0 Å². The van der Waals surface area contributed by atoms with Crippen LogP contribution in [-0.4, -0.2) is 21.4 Å². The number of aromatic nitrogens is 3. The summed E-state index contributed by atoms with van der Waals surface area (Å²) < 4.78 is 7.92. The first-order chi connectivity index (χ1) is 13.2. The predicted octanol–water partition coefficient (Wildman–Crippen LogP) is 4.90. The van der Waals surface area contributed by atoms with Crippen molar-refractivity contribution in [3.8, 4) is 11.4 Å². The second-order valence-corrected chi connectivity index (χ2v) is 6.83. The van der Waals surface area contributed by atoms with E-state index in [2.05, 4.69) is 20.3 Å². The quantitative estimate of drug-likeness (QED) is 0.501. The fourth-order valence-electron chi connectivity index (χ4n) is 2.70. The SMILES string of the molecule is CCOc1ccc2nc(N=Nc3c(C)[nH]n(-c4ccccc4)c3=O)sc2c1. The van der Waals surface area contributed by atoms with Crippen LogP contribution in [0.5, 0.6) is 5.75 Å². The molecule has 8 heteroatoms. The summed E-state index contributed by atoms with van der Waals surface area (Å²) in [4.78, 5) is 17.1. The number of rotatable bonds is 5. The standard InChI is InChI=1S/C19H17N5O2S/c1-3-26-14-9-10-15-16(11-14)27-19(20-15)22-21-17-12(2)23-24(18(17)25)13-7-5-4-6-8-13/h4-11,23H,3H2,1-2H3. The van der Waals surface area contributed by atoms with Gasteiger partial charge < -0.3 is 4.74 Å². The molecule has 0 saturated heterocycles. The number of azo groups is 1. The van der Waals surface area contributed by atoms with E-state index in [1.54, 1.807) is 6.92 Å². The lowest BCUT2D eigenvalue weighted by Crippen LogP contribution is -2.13. The molecule has 27 heavy (non-hydrogen) atoms. The Hall–Kier alpha value is -3.26. The molecule has 7 nitrogen and oxygen atoms in total. The molecule has 0 aliphatic carbocycles. The van der Waals surface area contributed by atoms with Gasteiger partial charge in [0.1, 0.15) is 5.75 Å². The Balaban J connectivity index is 1.66. The summed E-state index contributed by atoms with van der Waals surface area (Å²) in [5, 5.41) is 11.9. The third-order valence-electron chi connectivity index (χ3n) is 3.95. The second kappa shape index (κ2) is 7.16. The molecule has 0 fully saturated rings. The number of aryl methyl sites for hydroxylation is 1. The van der Waals surface area contributed by atoms with Gasteiger partial charge in [-0.3, -0.25) is 9.89 Å². The van der Waals surface area contributed by atoms with Crippen molar-refractivity contribution in [2.45, 2.75) is 13.8 Å². The smallest absolute Gasteiger partial charge is 0.299 e. The molecule has 136 valence electrons. The molecule has 0 aliphatic heterocycles. The van der Waals surface area contributed by atoms with Crippen molar-refractivity contribution in [1.82, 2.24) is 14.8 Å². The number of aromatic amines is 1. The van der Waals surface area contributed by atoms with Crippen molar-refractivity contribution in [1.29, 1.82) is 0 Å². The van der Waals surface area contributed by atoms with Gasteiger partial charge in [0.05, 0.1) is 28.2 Å². The van der Waals surface area contributed by atoms with Crippen molar-refractivity contribution >= 4 is 32.4 Å². The molecule has 0 radical (unpaired) electrons. The van der Waals surface area contributed by atoms with E-state index in [0.717, 1.165) is 21.7 Å². The number of para-hydroxylation sites is 1. The zero-order valence-electron chi connectivity index (χ0n) is 14.8. The number of fused-ring (bicyclic) bond motifs is 1. The maximum atomic E-state index is 12.6. The van der Waals surface area contributed by atoms with Crippen LogP contribution in [0.3, 0.4) is 0 Å². The van der Waals surface area contributed by atoms with Gasteiger partial charge >= 0.3 is 0 Å². The van der Waals surface area contributed by atoms with Crippen LogP contribution in [0, 0.1) is 6.92 Å². The average Bonchev–Trinajstić information content (AvgIpc) is 3.21. The van der Waals surface area contributed by atoms with Crippen LogP contribution in [0.1, 0.15) is 12.6 Å². The highest BCUT2D eigenvalue weighted by molar-refractivity contribution is 7.21. The van der Waals surface area contributed by atoms with Gasteiger partial charge in [0.25, 0.3) is 5.56 Å². The summed E-state index contributed by atoms with van der Waals surface area (Å²) in [6.45, 7) is 4.34. The van der Waals surface area contributed by atoms with Crippen molar-refractivity contribution in [3.63, 3.8) is 0 Å². The first-order valence-corrected chi connectivity index (χ1v) is 9.29. The average molecular weight is 379 g/mol. The van der Waals surface area contributed by atoms with Crippen LogP contribution >= 0.6 is 11.3 Å². The highest BCUT2D eigenvalue weighted by Crippen LogP contribution is 2.31. The zero-order valence-corrected chi connectivity index (χ0v) is 15.7. The summed E-state index contributed by atoms with van der Waals surface area (Å²) >= 11 is 1.40. The van der Waals surface area contributed by atoms with E-state index in [9.17, 15) is 4.79 Å². The lowest BCUT2D eigenvalue weighted by molar-refractivity contribution is 0.341. The number of nitrogens with zero attached hydrogens (tertiary/aromatic N) is 4. The number of H-pyrrole nitrogens is 1. The van der Waals surface area contributed by atoms with Gasteiger partial charge in [-0.2, -0.15) is 0 Å². The first-order valence-electron chi connectivity index (χ1n) is 8.48. The van der Waals surface area contributed by atoms with E-state index in [4.69, 9.17) is 4.74 Å². The molecular formula is C19H17N5O2S. The number of thiazole rings is 1. The molecule has 2 aromatic heterocycles. The zero-order chi connectivity index (χ0) is 18.8. The summed E-state index contributed by atoms with van der Waals surface area (Å²) in [6, 6.07) is 15.0. The summed E-state index contributed by atoms with van der Waals surface area (Å²) in [5.74, 6) is 0.796. The van der Waals surface area contributed by atoms with Gasteiger partial charge in [-0.05, 0) is 44.2 Å². The van der Waals surface area contributed by atoms with Gasteiger partial charge in [-0.1, -0.05) is 29.5 Å². The lowest BCUT2D eigenvalue weighted by Gasteiger charge is -2.00. The predicted molar refractivity (Wildman–Crippen MR) is 106 cm³/mol. The van der Waals surface area contributed by atoms with E-state index in [0.29, 0.717) is 17.4 Å². The number of benzene rings is 2. The summed E-state index contributed by atoms with van der Waals surface area (Å²) in [7, 11) is 0. The molecular weight excluding hydrogens is 362 g/mol. The molecule has 0 atom stereocenters. The molecule has 0 aliphatic rings. The van der Waals surface area contributed by atoms with Crippen molar-refractivity contribution < 1.29 is 4.74 Å². The fourth-order valence-corrected chi connectivity index (χ4v) is 3.51. The Morgan fingerprint density at radius 1 is 1.19 bits per heavy atom. The Morgan fingerprint density at radius 2 is 2.00 bits per heavy atom. The van der Waals surface area contributed by atoms with Crippen LogP contribution in [0.15, 0.2) is 63.6 Å². The number of hydrogen-bond donors (Lipinski definition) is 1. The topological polar surface area (TPSA) is 84.6 Å². The molecule has 0 spiro atoms. The van der Waals surface area contributed by atoms with Crippen LogP contribution in [0.4, 0.5) is 10.8 Å². The molecule has 2 aromatic carbocycles. The molecule has 4 rings (SSSR count). The van der Waals surface area contributed by atoms with E-state index in [-0.39, 0.29) is 11.2 Å². The van der Waals surface area contributed by atoms with Gasteiger partial charge in [0.2, 0.25) is 5.13 Å². The molecule has 0 unspecified atom stereocenters. The van der Waals surface area contributed by atoms with Crippen molar-refractivity contribution in [3.05, 3.63) is 64.6 Å². The third-order valence-corrected chi connectivity index (χ3v) is 4.85. The maximum Gasteiger partial charge on any atom is 0.299 e. The van der Waals surface area contributed by atoms with Crippen LogP contribution in [0.2, 0.25) is 0 Å². The highest BCUT2D eigenvalue weighted by atomic mass is 32.1. The maximum absolute atomic E-state index is 12.6. The third kappa shape index (κ3) is 3.39. The van der Waals surface area contributed by atoms with Crippen LogP contribution in [0.25, 0.3) is 15.9 Å². The van der Waals surface area contributed by atoms with E-state index < -0.39 is 0 Å². The molecule has 2 heterocycles. The normalized spacial score (nSPS) is 11.5. The Kier molecular flexibility index (Phi) is 4.55. The minimum absolute atomic E-state index is 0.248. The number of ether oxygens (including phenoxy) is 1. The number of hydrogen-bond acceptors (Lipinski definition) is 6. The Morgan fingerprint density at radius 3 is 2.78 bits per heavy atom. The molecule has 0 bridgehead atoms. The van der Waals surface area contributed by atoms with Crippen molar-refractivity contribution in [2.75, 3.05) is 6.61 Å². The lowest BCUT2D eigenvalue weighted by atomic mass is 10.3. The Bertz CT molecular complexity index is 1170. The summed E-state index contributed by atoms with van der Waals surface area (Å²) in [5.41, 5.74) is 2.24. The minimum Gasteiger partial charge on any atom is -0.494 e. The highest BCUT2D eigenvalue weighted by Gasteiger charge is 2.12. The monoisotopic (exact) mass is 379 g/mol. The van der Waals surface area contributed by atoms with Crippen molar-refractivity contribution in [2.24, 2.45) is 10.2 Å². The Labute approximate surface area is 159 Å². The second-order valence-electron chi connectivity index (χ2n) is 5.82. The molecule has 0 saturated carbocycles.